The van der Waals surface area contributed by atoms with Gasteiger partial charge < -0.3 is 4.90 Å². The molecule has 1 heterocycles. The van der Waals surface area contributed by atoms with Gasteiger partial charge in [-0.1, -0.05) is 34.7 Å². The van der Waals surface area contributed by atoms with E-state index in [4.69, 9.17) is 0 Å². The molecule has 0 N–H and O–H groups in total. The number of hydrogen-bond donors (Lipinski definition) is 0. The Balaban J connectivity index is 2.27. The minimum absolute atomic E-state index is 0.207. The number of halogens is 1. The minimum Gasteiger partial charge on any atom is -0.319 e. The van der Waals surface area contributed by atoms with Crippen LogP contribution in [-0.2, 0) is 11.2 Å². The molecule has 1 aromatic rings. The molecule has 18 heavy (non-hydrogen) atoms. The first-order chi connectivity index (χ1) is 8.61. The highest BCUT2D eigenvalue weighted by atomic mass is 127. The monoisotopic (exact) mass is 355 g/mol. The highest BCUT2D eigenvalue weighted by Crippen LogP contribution is 2.21. The topological polar surface area (TPSA) is 20.3 Å². The zero-order chi connectivity index (χ0) is 13.1. The molecule has 3 heteroatoms. The Morgan fingerprint density at radius 1 is 1.28 bits per heavy atom. The lowest BCUT2D eigenvalue weighted by Crippen LogP contribution is -2.27. The lowest BCUT2D eigenvalue weighted by molar-refractivity contribution is -0.127. The van der Waals surface area contributed by atoms with Gasteiger partial charge in [-0.2, -0.15) is 0 Å². The molecule has 0 atom stereocenters. The predicted molar refractivity (Wildman–Crippen MR) is 83.9 cm³/mol. The summed E-state index contributed by atoms with van der Waals surface area (Å²) in [4.78, 5) is 14.0. The van der Waals surface area contributed by atoms with Crippen LogP contribution in [0.1, 0.15) is 28.7 Å². The standard InChI is InChI=1S/C15H18INO/c1-11-8-13-4-7-17(6-3-5-16)15(18)10-14(13)9-12(11)2/h4,7-9H,3,5-6,10H2,1-2H3. The summed E-state index contributed by atoms with van der Waals surface area (Å²) >= 11 is 2.35. The molecule has 1 amide bonds. The van der Waals surface area contributed by atoms with E-state index in [0.717, 1.165) is 23.0 Å². The molecule has 0 saturated heterocycles. The van der Waals surface area contributed by atoms with E-state index in [0.29, 0.717) is 6.42 Å². The number of amides is 1. The van der Waals surface area contributed by atoms with E-state index in [9.17, 15) is 4.79 Å². The van der Waals surface area contributed by atoms with E-state index in [1.54, 1.807) is 0 Å². The minimum atomic E-state index is 0.207. The van der Waals surface area contributed by atoms with Crippen LogP contribution in [0.25, 0.3) is 6.08 Å². The van der Waals surface area contributed by atoms with Crippen molar-refractivity contribution in [2.75, 3.05) is 11.0 Å². The van der Waals surface area contributed by atoms with E-state index >= 15 is 0 Å². The molecule has 2 nitrogen and oxygen atoms in total. The first-order valence-corrected chi connectivity index (χ1v) is 7.78. The Labute approximate surface area is 122 Å². The van der Waals surface area contributed by atoms with Crippen molar-refractivity contribution in [3.63, 3.8) is 0 Å². The molecule has 0 unspecified atom stereocenters. The molecular weight excluding hydrogens is 337 g/mol. The smallest absolute Gasteiger partial charge is 0.230 e. The fraction of sp³-hybridized carbons (Fsp3) is 0.400. The average molecular weight is 355 g/mol. The number of aryl methyl sites for hydroxylation is 2. The van der Waals surface area contributed by atoms with Gasteiger partial charge in [-0.15, -0.1) is 0 Å². The van der Waals surface area contributed by atoms with Gasteiger partial charge in [0.2, 0.25) is 5.91 Å². The van der Waals surface area contributed by atoms with Crippen LogP contribution in [0.3, 0.4) is 0 Å². The highest BCUT2D eigenvalue weighted by molar-refractivity contribution is 14.1. The van der Waals surface area contributed by atoms with Gasteiger partial charge in [0.25, 0.3) is 0 Å². The van der Waals surface area contributed by atoms with Crippen molar-refractivity contribution in [3.8, 4) is 0 Å². The third-order valence-electron chi connectivity index (χ3n) is 3.38. The normalized spacial score (nSPS) is 14.6. The third kappa shape index (κ3) is 2.94. The second-order valence-electron chi connectivity index (χ2n) is 4.76. The summed E-state index contributed by atoms with van der Waals surface area (Å²) in [5.74, 6) is 0.207. The van der Waals surface area contributed by atoms with Crippen LogP contribution in [0.4, 0.5) is 0 Å². The van der Waals surface area contributed by atoms with Crippen molar-refractivity contribution in [1.82, 2.24) is 4.90 Å². The quantitative estimate of drug-likeness (QED) is 0.601. The lowest BCUT2D eigenvalue weighted by atomic mass is 9.98. The molecule has 1 aliphatic heterocycles. The highest BCUT2D eigenvalue weighted by Gasteiger charge is 2.17. The number of rotatable bonds is 3. The summed E-state index contributed by atoms with van der Waals surface area (Å²) in [6.07, 6.45) is 5.57. The Morgan fingerprint density at radius 2 is 2.00 bits per heavy atom. The van der Waals surface area contributed by atoms with Crippen molar-refractivity contribution in [3.05, 3.63) is 40.6 Å². The number of fused-ring (bicyclic) bond motifs is 1. The molecule has 1 aliphatic rings. The Morgan fingerprint density at radius 3 is 2.72 bits per heavy atom. The molecule has 1 aromatic carbocycles. The largest absolute Gasteiger partial charge is 0.319 e. The molecule has 0 bridgehead atoms. The summed E-state index contributed by atoms with van der Waals surface area (Å²) < 4.78 is 1.08. The molecule has 0 fully saturated rings. The molecule has 96 valence electrons. The fourth-order valence-electron chi connectivity index (χ4n) is 2.15. The van der Waals surface area contributed by atoms with Gasteiger partial charge in [0, 0.05) is 17.2 Å². The second-order valence-corrected chi connectivity index (χ2v) is 5.84. The summed E-state index contributed by atoms with van der Waals surface area (Å²) in [7, 11) is 0. The molecule has 0 saturated carbocycles. The Hall–Kier alpha value is -0.840. The summed E-state index contributed by atoms with van der Waals surface area (Å²) in [6, 6.07) is 4.32. The number of hydrogen-bond acceptors (Lipinski definition) is 1. The van der Waals surface area contributed by atoms with Crippen LogP contribution in [0.2, 0.25) is 0 Å². The number of carbonyl (C=O) groups excluding carboxylic acids is 1. The average Bonchev–Trinajstić information content (AvgIpc) is 2.47. The molecular formula is C15H18INO. The van der Waals surface area contributed by atoms with E-state index in [-0.39, 0.29) is 5.91 Å². The Bertz CT molecular complexity index is 494. The molecule has 0 radical (unpaired) electrons. The lowest BCUT2D eigenvalue weighted by Gasteiger charge is -2.16. The van der Waals surface area contributed by atoms with E-state index in [1.807, 2.05) is 11.1 Å². The maximum absolute atomic E-state index is 12.2. The van der Waals surface area contributed by atoms with Crippen molar-refractivity contribution in [2.45, 2.75) is 26.7 Å². The van der Waals surface area contributed by atoms with Crippen molar-refractivity contribution < 1.29 is 4.79 Å². The first kappa shape index (κ1) is 13.6. The van der Waals surface area contributed by atoms with E-state index in [1.165, 1.54) is 16.7 Å². The van der Waals surface area contributed by atoms with Gasteiger partial charge >= 0.3 is 0 Å². The SMILES string of the molecule is Cc1cc2c(cc1C)CC(=O)N(CCCI)C=C2. The zero-order valence-electron chi connectivity index (χ0n) is 10.9. The van der Waals surface area contributed by atoms with Gasteiger partial charge in [0.15, 0.2) is 0 Å². The molecule has 0 aliphatic carbocycles. The van der Waals surface area contributed by atoms with Crippen LogP contribution in [0.15, 0.2) is 18.3 Å². The van der Waals surface area contributed by atoms with Crippen molar-refractivity contribution in [1.29, 1.82) is 0 Å². The van der Waals surface area contributed by atoms with Crippen LogP contribution in [-0.4, -0.2) is 21.8 Å². The molecule has 2 rings (SSSR count). The van der Waals surface area contributed by atoms with Gasteiger partial charge in [-0.05, 0) is 48.6 Å². The number of nitrogens with zero attached hydrogens (tertiary/aromatic N) is 1. The number of carbonyl (C=O) groups is 1. The molecule has 0 aromatic heterocycles. The summed E-state index contributed by atoms with van der Waals surface area (Å²) in [5, 5.41) is 0. The maximum Gasteiger partial charge on any atom is 0.230 e. The van der Waals surface area contributed by atoms with Crippen LogP contribution in [0, 0.1) is 13.8 Å². The van der Waals surface area contributed by atoms with Crippen molar-refractivity contribution in [2.24, 2.45) is 0 Å². The number of benzene rings is 1. The second kappa shape index (κ2) is 5.87. The summed E-state index contributed by atoms with van der Waals surface area (Å²) in [5.41, 5.74) is 4.88. The van der Waals surface area contributed by atoms with Gasteiger partial charge in [0.1, 0.15) is 0 Å². The number of alkyl halides is 1. The van der Waals surface area contributed by atoms with Gasteiger partial charge in [-0.3, -0.25) is 4.79 Å². The van der Waals surface area contributed by atoms with E-state index < -0.39 is 0 Å². The fourth-order valence-corrected chi connectivity index (χ4v) is 2.49. The van der Waals surface area contributed by atoms with Crippen molar-refractivity contribution >= 4 is 34.6 Å². The third-order valence-corrected chi connectivity index (χ3v) is 4.15. The van der Waals surface area contributed by atoms with Crippen LogP contribution in [0.5, 0.6) is 0 Å². The van der Waals surface area contributed by atoms with Gasteiger partial charge in [0.05, 0.1) is 6.42 Å². The van der Waals surface area contributed by atoms with Crippen LogP contribution >= 0.6 is 22.6 Å². The van der Waals surface area contributed by atoms with Gasteiger partial charge in [-0.25, -0.2) is 0 Å². The first-order valence-electron chi connectivity index (χ1n) is 6.25. The maximum atomic E-state index is 12.2. The molecule has 0 spiro atoms. The zero-order valence-corrected chi connectivity index (χ0v) is 13.0. The predicted octanol–water partition coefficient (Wildman–Crippen LogP) is 3.48. The van der Waals surface area contributed by atoms with Crippen LogP contribution < -0.4 is 0 Å². The summed E-state index contributed by atoms with van der Waals surface area (Å²) in [6.45, 7) is 5.04. The van der Waals surface area contributed by atoms with E-state index in [2.05, 4.69) is 54.6 Å². The Kier molecular flexibility index (Phi) is 4.43.